The fourth-order valence-corrected chi connectivity index (χ4v) is 4.34. The lowest BCUT2D eigenvalue weighted by atomic mass is 10.2. The van der Waals surface area contributed by atoms with E-state index in [9.17, 15) is 4.79 Å². The zero-order valence-electron chi connectivity index (χ0n) is 15.3. The molecule has 1 atom stereocenters. The molecular weight excluding hydrogens is 356 g/mol. The molecule has 5 nitrogen and oxygen atoms in total. The van der Waals surface area contributed by atoms with Gasteiger partial charge in [-0.1, -0.05) is 36.4 Å². The van der Waals surface area contributed by atoms with Crippen LogP contribution in [-0.2, 0) is 6.54 Å². The van der Waals surface area contributed by atoms with Crippen molar-refractivity contribution < 1.29 is 4.79 Å². The maximum atomic E-state index is 12.8. The Labute approximate surface area is 163 Å². The van der Waals surface area contributed by atoms with Gasteiger partial charge in [0, 0.05) is 31.9 Å². The normalized spacial score (nSPS) is 17.1. The van der Waals surface area contributed by atoms with E-state index in [1.165, 1.54) is 16.9 Å². The van der Waals surface area contributed by atoms with Crippen molar-refractivity contribution in [2.45, 2.75) is 25.9 Å². The molecular formula is C21H22N4OS. The van der Waals surface area contributed by atoms with Crippen LogP contribution in [-0.4, -0.2) is 39.9 Å². The number of benzene rings is 1. The number of rotatable bonds is 5. The Balaban J connectivity index is 1.38. The highest BCUT2D eigenvalue weighted by Gasteiger charge is 2.26. The van der Waals surface area contributed by atoms with Gasteiger partial charge < -0.3 is 5.32 Å². The van der Waals surface area contributed by atoms with Gasteiger partial charge in [-0.3, -0.25) is 14.7 Å². The quantitative estimate of drug-likeness (QED) is 0.738. The molecule has 1 aromatic carbocycles. The van der Waals surface area contributed by atoms with Crippen LogP contribution in [0, 0.1) is 6.92 Å². The van der Waals surface area contributed by atoms with Gasteiger partial charge in [0.2, 0.25) is 0 Å². The van der Waals surface area contributed by atoms with E-state index in [-0.39, 0.29) is 11.9 Å². The lowest BCUT2D eigenvalue weighted by Gasteiger charge is -2.16. The first-order valence-corrected chi connectivity index (χ1v) is 9.96. The molecule has 2 aromatic heterocycles. The maximum Gasteiger partial charge on any atom is 0.263 e. The highest BCUT2D eigenvalue weighted by Crippen LogP contribution is 2.26. The van der Waals surface area contributed by atoms with Crippen LogP contribution in [0.4, 0.5) is 0 Å². The number of carbonyl (C=O) groups excluding carboxylic acids is 1. The summed E-state index contributed by atoms with van der Waals surface area (Å²) in [7, 11) is 0. The lowest BCUT2D eigenvalue weighted by Crippen LogP contribution is -2.36. The Kier molecular flexibility index (Phi) is 5.27. The number of aryl methyl sites for hydroxylation is 1. The summed E-state index contributed by atoms with van der Waals surface area (Å²) < 4.78 is 0. The fourth-order valence-electron chi connectivity index (χ4n) is 3.39. The van der Waals surface area contributed by atoms with E-state index in [4.69, 9.17) is 0 Å². The number of pyridine rings is 1. The lowest BCUT2D eigenvalue weighted by molar-refractivity contribution is 0.0941. The summed E-state index contributed by atoms with van der Waals surface area (Å²) in [5, 5.41) is 3.97. The van der Waals surface area contributed by atoms with Crippen molar-refractivity contribution >= 4 is 17.2 Å². The van der Waals surface area contributed by atoms with Crippen molar-refractivity contribution in [3.8, 4) is 10.7 Å². The van der Waals surface area contributed by atoms with Crippen molar-refractivity contribution in [1.82, 2.24) is 20.2 Å². The number of hydrogen-bond acceptors (Lipinski definition) is 5. The number of carbonyl (C=O) groups is 1. The zero-order chi connectivity index (χ0) is 18.6. The highest BCUT2D eigenvalue weighted by atomic mass is 32.1. The van der Waals surface area contributed by atoms with E-state index in [0.717, 1.165) is 42.5 Å². The van der Waals surface area contributed by atoms with Crippen molar-refractivity contribution in [3.63, 3.8) is 0 Å². The summed E-state index contributed by atoms with van der Waals surface area (Å²) >= 11 is 1.41. The van der Waals surface area contributed by atoms with E-state index < -0.39 is 0 Å². The number of thiazole rings is 1. The van der Waals surface area contributed by atoms with Crippen LogP contribution in [0.2, 0.25) is 0 Å². The summed E-state index contributed by atoms with van der Waals surface area (Å²) in [4.78, 5) is 24.7. The Hall–Kier alpha value is -2.57. The molecule has 27 heavy (non-hydrogen) atoms. The molecule has 0 saturated carbocycles. The van der Waals surface area contributed by atoms with Crippen LogP contribution in [0.1, 0.15) is 27.3 Å². The van der Waals surface area contributed by atoms with Gasteiger partial charge in [0.15, 0.2) is 0 Å². The Morgan fingerprint density at radius 2 is 2.04 bits per heavy atom. The summed E-state index contributed by atoms with van der Waals surface area (Å²) in [6.07, 6.45) is 2.72. The van der Waals surface area contributed by atoms with Gasteiger partial charge in [0.25, 0.3) is 5.91 Å². The zero-order valence-corrected chi connectivity index (χ0v) is 16.1. The third kappa shape index (κ3) is 4.23. The number of aromatic nitrogens is 2. The first-order valence-electron chi connectivity index (χ1n) is 9.15. The minimum absolute atomic E-state index is 0.0289. The van der Waals surface area contributed by atoms with E-state index >= 15 is 0 Å². The van der Waals surface area contributed by atoms with E-state index in [2.05, 4.69) is 44.5 Å². The molecule has 0 radical (unpaired) electrons. The van der Waals surface area contributed by atoms with Crippen LogP contribution in [0.25, 0.3) is 10.7 Å². The average Bonchev–Trinajstić information content (AvgIpc) is 3.29. The largest absolute Gasteiger partial charge is 0.347 e. The SMILES string of the molecule is Cc1nc(-c2ccccn2)sc1C(=O)NC1CCN(Cc2ccccc2)C1. The first-order chi connectivity index (χ1) is 13.2. The van der Waals surface area contributed by atoms with Gasteiger partial charge in [-0.2, -0.15) is 0 Å². The second kappa shape index (κ2) is 7.98. The number of nitrogens with one attached hydrogen (secondary N) is 1. The number of nitrogens with zero attached hydrogens (tertiary/aromatic N) is 3. The molecule has 1 N–H and O–H groups in total. The molecule has 1 unspecified atom stereocenters. The fraction of sp³-hybridized carbons (Fsp3) is 0.286. The van der Waals surface area contributed by atoms with Gasteiger partial charge in [-0.15, -0.1) is 11.3 Å². The van der Waals surface area contributed by atoms with Crippen molar-refractivity contribution in [1.29, 1.82) is 0 Å². The van der Waals surface area contributed by atoms with Gasteiger partial charge in [-0.25, -0.2) is 4.98 Å². The molecule has 1 aliphatic rings. The Morgan fingerprint density at radius 3 is 2.81 bits per heavy atom. The van der Waals surface area contributed by atoms with Crippen molar-refractivity contribution in [3.05, 3.63) is 70.9 Å². The number of amides is 1. The molecule has 4 rings (SSSR count). The molecule has 0 aliphatic carbocycles. The first kappa shape index (κ1) is 17.8. The summed E-state index contributed by atoms with van der Waals surface area (Å²) in [5.74, 6) is -0.0289. The van der Waals surface area contributed by atoms with Crippen molar-refractivity contribution in [2.24, 2.45) is 0 Å². The van der Waals surface area contributed by atoms with Gasteiger partial charge >= 0.3 is 0 Å². The molecule has 1 fully saturated rings. The molecule has 1 saturated heterocycles. The van der Waals surface area contributed by atoms with Gasteiger partial charge in [-0.05, 0) is 31.0 Å². The van der Waals surface area contributed by atoms with Crippen LogP contribution in [0.3, 0.4) is 0 Å². The number of hydrogen-bond donors (Lipinski definition) is 1. The van der Waals surface area contributed by atoms with E-state index in [1.807, 2.05) is 31.2 Å². The molecule has 3 heterocycles. The smallest absolute Gasteiger partial charge is 0.263 e. The minimum Gasteiger partial charge on any atom is -0.347 e. The Morgan fingerprint density at radius 1 is 1.22 bits per heavy atom. The van der Waals surface area contributed by atoms with Crippen LogP contribution in [0.15, 0.2) is 54.7 Å². The third-order valence-corrected chi connectivity index (χ3v) is 5.92. The summed E-state index contributed by atoms with van der Waals surface area (Å²) in [6.45, 7) is 4.69. The predicted molar refractivity (Wildman–Crippen MR) is 108 cm³/mol. The predicted octanol–water partition coefficient (Wildman–Crippen LogP) is 3.52. The molecule has 3 aromatic rings. The van der Waals surface area contributed by atoms with E-state index in [1.54, 1.807) is 6.20 Å². The number of likely N-dealkylation sites (tertiary alicyclic amines) is 1. The molecule has 1 aliphatic heterocycles. The average molecular weight is 379 g/mol. The minimum atomic E-state index is -0.0289. The van der Waals surface area contributed by atoms with Crippen molar-refractivity contribution in [2.75, 3.05) is 13.1 Å². The molecule has 1 amide bonds. The highest BCUT2D eigenvalue weighted by molar-refractivity contribution is 7.17. The van der Waals surface area contributed by atoms with Crippen LogP contribution >= 0.6 is 11.3 Å². The molecule has 0 spiro atoms. The summed E-state index contributed by atoms with van der Waals surface area (Å²) in [5.41, 5.74) is 2.87. The second-order valence-electron chi connectivity index (χ2n) is 6.83. The summed E-state index contributed by atoms with van der Waals surface area (Å²) in [6, 6.07) is 16.4. The monoisotopic (exact) mass is 378 g/mol. The molecule has 0 bridgehead atoms. The van der Waals surface area contributed by atoms with Crippen LogP contribution in [0.5, 0.6) is 0 Å². The Bertz CT molecular complexity index is 910. The van der Waals surface area contributed by atoms with Crippen LogP contribution < -0.4 is 5.32 Å². The standard InChI is InChI=1S/C21H22N4OS/c1-15-19(27-21(23-15)18-9-5-6-11-22-18)20(26)24-17-10-12-25(14-17)13-16-7-3-2-4-8-16/h2-9,11,17H,10,12-14H2,1H3,(H,24,26). The van der Waals surface area contributed by atoms with Gasteiger partial charge in [0.1, 0.15) is 9.88 Å². The van der Waals surface area contributed by atoms with Gasteiger partial charge in [0.05, 0.1) is 11.4 Å². The molecule has 138 valence electrons. The topological polar surface area (TPSA) is 58.1 Å². The van der Waals surface area contributed by atoms with E-state index in [0.29, 0.717) is 4.88 Å². The maximum absolute atomic E-state index is 12.8. The second-order valence-corrected chi connectivity index (χ2v) is 7.83. The molecule has 6 heteroatoms. The third-order valence-electron chi connectivity index (χ3n) is 4.74.